The van der Waals surface area contributed by atoms with Crippen molar-refractivity contribution in [2.75, 3.05) is 6.61 Å². The van der Waals surface area contributed by atoms with Crippen LogP contribution in [0.25, 0.3) is 0 Å². The minimum Gasteiger partial charge on any atom is -0.456 e. The van der Waals surface area contributed by atoms with E-state index in [0.29, 0.717) is 17.7 Å². The van der Waals surface area contributed by atoms with E-state index < -0.39 is 124 Å². The van der Waals surface area contributed by atoms with E-state index in [1.807, 2.05) is 0 Å². The summed E-state index contributed by atoms with van der Waals surface area (Å²) in [6.45, 7) is 8.79. The lowest BCUT2D eigenvalue weighted by Gasteiger charge is -2.86. The molecule has 62 heavy (non-hydrogen) atoms. The van der Waals surface area contributed by atoms with Gasteiger partial charge in [-0.05, 0) is 75.3 Å². The first-order chi connectivity index (χ1) is 29.3. The lowest BCUT2D eigenvalue weighted by atomic mass is 9.20. The van der Waals surface area contributed by atoms with E-state index in [0.717, 1.165) is 24.2 Å². The number of fused-ring (bicyclic) bond motifs is 1. The number of benzene rings is 1. The van der Waals surface area contributed by atoms with Crippen LogP contribution in [0.5, 0.6) is 0 Å². The average Bonchev–Trinajstić information content (AvgIpc) is 3.97. The van der Waals surface area contributed by atoms with E-state index in [9.17, 15) is 39.3 Å². The highest BCUT2D eigenvalue weighted by Gasteiger charge is 2.99. The lowest BCUT2D eigenvalue weighted by Crippen LogP contribution is -3.00. The highest BCUT2D eigenvalue weighted by atomic mass is 32.1. The molecule has 2 aromatic rings. The van der Waals surface area contributed by atoms with Gasteiger partial charge in [-0.25, -0.2) is 14.4 Å². The summed E-state index contributed by atoms with van der Waals surface area (Å²) in [5.41, 5.74) is -9.60. The van der Waals surface area contributed by atoms with Crippen molar-refractivity contribution < 1.29 is 72.5 Å². The number of amides is 1. The highest BCUT2D eigenvalue weighted by molar-refractivity contribution is 7.10. The van der Waals surface area contributed by atoms with E-state index in [2.05, 4.69) is 5.32 Å². The molecule has 0 radical (unpaired) electrons. The van der Waals surface area contributed by atoms with Crippen molar-refractivity contribution in [3.8, 4) is 0 Å². The molecule has 1 amide bonds. The van der Waals surface area contributed by atoms with Crippen LogP contribution in [-0.2, 0) is 47.6 Å². The predicted molar refractivity (Wildman–Crippen MR) is 216 cm³/mol. The van der Waals surface area contributed by atoms with E-state index >= 15 is 4.79 Å². The van der Waals surface area contributed by atoms with E-state index in [4.69, 9.17) is 28.4 Å². The number of carbonyl (C=O) groups is 6. The third-order valence-corrected chi connectivity index (χ3v) is 15.8. The number of aliphatic hydroxyl groups is 3. The fourth-order valence-corrected chi connectivity index (χ4v) is 13.0. The standard InChI is InChI=1S/C45H53NO15S/c1-22(2)57-40(54)46-32(28-17-12-18-62-28)33(49)38(53)58-27-20-43(55)39(60-37(52)26-13-8-7-9-14-26)45-41(5,29(48)19-30-44(45,21-56-30)61-24(4)47)35(50)34(31(23(27)3)42(43,45)6)59-36(51)25-15-10-11-16-25/h7-9,12-14,17-18,22,25,27,29-30,32-34,39,48-49,55H,10-11,15-16,19-21H2,1-6H3,(H,46,54)/t27-,29-,30+,32-,33+,34+,39+,41-,42-,43+,44-,45?/m0/s1. The first kappa shape index (κ1) is 43.9. The molecule has 1 aromatic heterocycles. The summed E-state index contributed by atoms with van der Waals surface area (Å²) in [6.07, 6.45) is -9.05. The molecule has 1 spiro atoms. The maximum absolute atomic E-state index is 15.7. The summed E-state index contributed by atoms with van der Waals surface area (Å²) < 4.78 is 36.2. The van der Waals surface area contributed by atoms with Crippen LogP contribution in [-0.4, -0.2) is 112 Å². The number of carbonyl (C=O) groups excluding carboxylic acids is 6. The Kier molecular flexibility index (Phi) is 11.0. The van der Waals surface area contributed by atoms with Crippen LogP contribution < -0.4 is 5.32 Å². The molecule has 334 valence electrons. The second kappa shape index (κ2) is 15.5. The van der Waals surface area contributed by atoms with Crippen LogP contribution in [0.1, 0.15) is 101 Å². The summed E-state index contributed by atoms with van der Waals surface area (Å²) >= 11 is 1.16. The molecular formula is C45H53NO15S. The molecule has 8 rings (SSSR count). The van der Waals surface area contributed by atoms with Gasteiger partial charge in [-0.2, -0.15) is 0 Å². The Morgan fingerprint density at radius 1 is 0.984 bits per heavy atom. The van der Waals surface area contributed by atoms with Crippen LogP contribution in [0.15, 0.2) is 59.0 Å². The Balaban J connectivity index is 1.30. The zero-order valence-corrected chi connectivity index (χ0v) is 36.2. The lowest BCUT2D eigenvalue weighted by molar-refractivity contribution is -0.472. The molecule has 5 fully saturated rings. The highest BCUT2D eigenvalue weighted by Crippen LogP contribution is 2.86. The molecular weight excluding hydrogens is 827 g/mol. The third kappa shape index (κ3) is 5.97. The summed E-state index contributed by atoms with van der Waals surface area (Å²) in [7, 11) is 0. The normalized spacial score (nSPS) is 36.7. The van der Waals surface area contributed by atoms with Crippen molar-refractivity contribution in [3.05, 3.63) is 69.4 Å². The predicted octanol–water partition coefficient (Wildman–Crippen LogP) is 4.04. The SMILES string of the molecule is CC(=O)O[C@@]12CO[C@@H]1C[C@H](O)[C@@]1(C)C(=O)[C@H](OC(=O)C3CCCC3)C3=C(C)[C@@H](OC(=O)[C@H](O)[C@@H](NC(=O)OC(C)C)c4cccs4)C[C@@]4(O)[C@@H](OC(=O)c5ccccc5)C21[C@@]34C. The maximum Gasteiger partial charge on any atom is 0.408 e. The number of thiophene rings is 1. The Morgan fingerprint density at radius 3 is 2.27 bits per heavy atom. The number of aliphatic hydroxyl groups excluding tert-OH is 2. The number of nitrogens with one attached hydrogen (secondary N) is 1. The molecule has 12 atom stereocenters. The summed E-state index contributed by atoms with van der Waals surface area (Å²) in [5.74, 6) is -4.87. The molecule has 4 saturated carbocycles. The van der Waals surface area contributed by atoms with Gasteiger partial charge in [-0.3, -0.25) is 14.4 Å². The van der Waals surface area contributed by atoms with Crippen LogP contribution in [0, 0.1) is 22.2 Å². The molecule has 6 aliphatic rings. The van der Waals surface area contributed by atoms with E-state index in [1.165, 1.54) is 26.0 Å². The van der Waals surface area contributed by atoms with Crippen molar-refractivity contribution >= 4 is 47.1 Å². The summed E-state index contributed by atoms with van der Waals surface area (Å²) in [6, 6.07) is 9.84. The van der Waals surface area contributed by atoms with Crippen molar-refractivity contribution in [2.45, 2.75) is 140 Å². The molecule has 17 heteroatoms. The zero-order valence-electron chi connectivity index (χ0n) is 35.4. The number of alkyl carbamates (subject to hydrolysis) is 1. The van der Waals surface area contributed by atoms with Gasteiger partial charge in [0.15, 0.2) is 23.6 Å². The molecule has 1 unspecified atom stereocenters. The van der Waals surface area contributed by atoms with E-state index in [-0.39, 0.29) is 29.7 Å². The Labute approximate surface area is 362 Å². The van der Waals surface area contributed by atoms with Gasteiger partial charge >= 0.3 is 30.0 Å². The zero-order chi connectivity index (χ0) is 44.7. The topological polar surface area (TPSA) is 231 Å². The average molecular weight is 880 g/mol. The smallest absolute Gasteiger partial charge is 0.408 e. The third-order valence-electron chi connectivity index (χ3n) is 14.8. The number of ketones is 1. The minimum atomic E-state index is -2.29. The monoisotopic (exact) mass is 879 g/mol. The van der Waals surface area contributed by atoms with Gasteiger partial charge < -0.3 is 49.1 Å². The molecule has 0 bridgehead atoms. The number of Topliss-reactive ketones (excluding diaryl/α,β-unsaturated/α-hetero) is 1. The largest absolute Gasteiger partial charge is 0.456 e. The fraction of sp³-hybridized carbons (Fsp3) is 0.600. The van der Waals surface area contributed by atoms with Crippen molar-refractivity contribution in [3.63, 3.8) is 0 Å². The van der Waals surface area contributed by atoms with Crippen LogP contribution in [0.3, 0.4) is 0 Å². The van der Waals surface area contributed by atoms with Gasteiger partial charge in [0.1, 0.15) is 30.0 Å². The molecule has 1 saturated heterocycles. The van der Waals surface area contributed by atoms with Gasteiger partial charge in [-0.1, -0.05) is 44.0 Å². The van der Waals surface area contributed by atoms with Crippen LogP contribution >= 0.6 is 11.3 Å². The van der Waals surface area contributed by atoms with Gasteiger partial charge in [0.05, 0.1) is 41.1 Å². The van der Waals surface area contributed by atoms with Gasteiger partial charge in [0, 0.05) is 30.1 Å². The first-order valence-electron chi connectivity index (χ1n) is 21.1. The number of ether oxygens (including phenoxy) is 6. The van der Waals surface area contributed by atoms with Crippen LogP contribution in [0.4, 0.5) is 4.79 Å². The van der Waals surface area contributed by atoms with Crippen molar-refractivity contribution in [2.24, 2.45) is 22.2 Å². The van der Waals surface area contributed by atoms with Gasteiger partial charge in [-0.15, -0.1) is 11.3 Å². The Morgan fingerprint density at radius 2 is 1.68 bits per heavy atom. The second-order valence-corrected chi connectivity index (χ2v) is 19.1. The minimum absolute atomic E-state index is 0.0269. The molecule has 5 aliphatic carbocycles. The second-order valence-electron chi connectivity index (χ2n) is 18.2. The van der Waals surface area contributed by atoms with E-state index in [1.54, 1.807) is 63.4 Å². The molecule has 2 heterocycles. The molecule has 16 nitrogen and oxygen atoms in total. The number of hydrogen-bond donors (Lipinski definition) is 4. The van der Waals surface area contributed by atoms with Crippen molar-refractivity contribution in [1.29, 1.82) is 0 Å². The van der Waals surface area contributed by atoms with Gasteiger partial charge in [0.25, 0.3) is 0 Å². The maximum atomic E-state index is 15.7. The summed E-state index contributed by atoms with van der Waals surface area (Å²) in [4.78, 5) is 84.6. The Bertz CT molecular complexity index is 2190. The number of rotatable bonds is 11. The molecule has 4 N–H and O–H groups in total. The number of esters is 4. The Hall–Kier alpha value is -4.68. The van der Waals surface area contributed by atoms with Crippen molar-refractivity contribution in [1.82, 2.24) is 5.32 Å². The summed E-state index contributed by atoms with van der Waals surface area (Å²) in [5, 5.41) is 41.7. The van der Waals surface area contributed by atoms with Gasteiger partial charge in [0.2, 0.25) is 0 Å². The fourth-order valence-electron chi connectivity index (χ4n) is 12.2. The molecule has 1 aromatic carbocycles. The first-order valence-corrected chi connectivity index (χ1v) is 22.0. The van der Waals surface area contributed by atoms with Crippen LogP contribution in [0.2, 0.25) is 0 Å². The number of hydrogen-bond acceptors (Lipinski definition) is 16. The quantitative estimate of drug-likeness (QED) is 0.142. The molecule has 1 aliphatic heterocycles.